The van der Waals surface area contributed by atoms with Crippen molar-refractivity contribution >= 4 is 33.0 Å². The molecule has 6 nitrogen and oxygen atoms in total. The van der Waals surface area contributed by atoms with E-state index in [1.54, 1.807) is 0 Å². The summed E-state index contributed by atoms with van der Waals surface area (Å²) in [6, 6.07) is 2.08. The Morgan fingerprint density at radius 3 is 2.78 bits per heavy atom. The van der Waals surface area contributed by atoms with Gasteiger partial charge in [-0.2, -0.15) is 0 Å². The third kappa shape index (κ3) is 2.39. The van der Waals surface area contributed by atoms with E-state index in [-0.39, 0.29) is 16.4 Å². The van der Waals surface area contributed by atoms with Gasteiger partial charge < -0.3 is 10.3 Å². The highest BCUT2D eigenvalue weighted by Gasteiger charge is 2.22. The molecule has 0 radical (unpaired) electrons. The van der Waals surface area contributed by atoms with Gasteiger partial charge in [0.05, 0.1) is 11.9 Å². The molecule has 0 spiro atoms. The van der Waals surface area contributed by atoms with Crippen LogP contribution in [0.5, 0.6) is 0 Å². The maximum atomic E-state index is 13.7. The molecule has 18 heavy (non-hydrogen) atoms. The second-order valence-corrected chi connectivity index (χ2v) is 5.41. The number of aromatic nitrogens is 1. The van der Waals surface area contributed by atoms with Gasteiger partial charge in [-0.1, -0.05) is 16.8 Å². The van der Waals surface area contributed by atoms with Crippen LogP contribution < -0.4 is 10.5 Å². The summed E-state index contributed by atoms with van der Waals surface area (Å²) >= 11 is 5.64. The Morgan fingerprint density at radius 2 is 2.17 bits per heavy atom. The van der Waals surface area contributed by atoms with Crippen molar-refractivity contribution < 1.29 is 17.3 Å². The van der Waals surface area contributed by atoms with E-state index in [1.807, 2.05) is 0 Å². The summed E-state index contributed by atoms with van der Waals surface area (Å²) in [7, 11) is -4.15. The molecule has 0 saturated carbocycles. The summed E-state index contributed by atoms with van der Waals surface area (Å²) in [5.74, 6) is -1.07. The molecule has 3 N–H and O–H groups in total. The molecule has 0 unspecified atom stereocenters. The molecule has 96 valence electrons. The molecule has 9 heteroatoms. The Morgan fingerprint density at radius 1 is 1.44 bits per heavy atom. The molecule has 2 aromatic rings. The fourth-order valence-electron chi connectivity index (χ4n) is 1.25. The Kier molecular flexibility index (Phi) is 3.14. The normalized spacial score (nSPS) is 11.4. The fourth-order valence-corrected chi connectivity index (χ4v) is 2.69. The summed E-state index contributed by atoms with van der Waals surface area (Å²) in [6.07, 6.45) is 2.19. The molecular weight excluding hydrogens is 285 g/mol. The first kappa shape index (κ1) is 12.7. The van der Waals surface area contributed by atoms with Crippen LogP contribution in [0.4, 0.5) is 15.8 Å². The van der Waals surface area contributed by atoms with E-state index in [0.717, 1.165) is 24.6 Å². The second kappa shape index (κ2) is 4.46. The van der Waals surface area contributed by atoms with Crippen LogP contribution in [0.2, 0.25) is 5.02 Å². The molecule has 1 heterocycles. The van der Waals surface area contributed by atoms with E-state index in [9.17, 15) is 12.8 Å². The van der Waals surface area contributed by atoms with Crippen molar-refractivity contribution in [3.05, 3.63) is 35.4 Å². The minimum absolute atomic E-state index is 0.0135. The molecule has 1 aromatic carbocycles. The van der Waals surface area contributed by atoms with Crippen molar-refractivity contribution in [3.8, 4) is 0 Å². The van der Waals surface area contributed by atoms with Gasteiger partial charge in [-0.3, -0.25) is 4.72 Å². The number of nitrogen functional groups attached to an aromatic ring is 1. The van der Waals surface area contributed by atoms with Crippen molar-refractivity contribution in [2.75, 3.05) is 10.5 Å². The minimum Gasteiger partial charge on any atom is -0.396 e. The maximum Gasteiger partial charge on any atom is 0.265 e. The maximum absolute atomic E-state index is 13.7. The van der Waals surface area contributed by atoms with Crippen LogP contribution in [0.25, 0.3) is 0 Å². The third-order valence-corrected chi connectivity index (χ3v) is 3.60. The van der Waals surface area contributed by atoms with Gasteiger partial charge in [0.2, 0.25) is 0 Å². The monoisotopic (exact) mass is 291 g/mol. The van der Waals surface area contributed by atoms with Crippen LogP contribution in [0.15, 0.2) is 34.0 Å². The fraction of sp³-hybridized carbons (Fsp3) is 0. The van der Waals surface area contributed by atoms with E-state index in [0.29, 0.717) is 0 Å². The Hall–Kier alpha value is -1.80. The van der Waals surface area contributed by atoms with Crippen molar-refractivity contribution in [1.82, 2.24) is 5.16 Å². The first-order chi connectivity index (χ1) is 8.40. The zero-order valence-electron chi connectivity index (χ0n) is 8.72. The molecule has 0 aliphatic carbocycles. The molecule has 0 fully saturated rings. The Balaban J connectivity index is 2.48. The van der Waals surface area contributed by atoms with Crippen LogP contribution in [0, 0.1) is 5.82 Å². The molecule has 0 aliphatic rings. The first-order valence-corrected chi connectivity index (χ1v) is 6.43. The van der Waals surface area contributed by atoms with E-state index >= 15 is 0 Å². The molecule has 0 aliphatic heterocycles. The molecule has 0 atom stereocenters. The summed E-state index contributed by atoms with van der Waals surface area (Å²) in [4.78, 5) is -0.645. The predicted molar refractivity (Wildman–Crippen MR) is 63.1 cm³/mol. The summed E-state index contributed by atoms with van der Waals surface area (Å²) in [5, 5.41) is 3.32. The Bertz CT molecular complexity index is 673. The number of benzene rings is 1. The third-order valence-electron chi connectivity index (χ3n) is 2.01. The van der Waals surface area contributed by atoms with Gasteiger partial charge in [0.25, 0.3) is 10.0 Å². The van der Waals surface area contributed by atoms with E-state index in [4.69, 9.17) is 17.3 Å². The zero-order chi connectivity index (χ0) is 13.3. The van der Waals surface area contributed by atoms with E-state index < -0.39 is 20.7 Å². The lowest BCUT2D eigenvalue weighted by atomic mass is 10.3. The summed E-state index contributed by atoms with van der Waals surface area (Å²) in [5.41, 5.74) is 5.02. The molecule has 0 bridgehead atoms. The summed E-state index contributed by atoms with van der Waals surface area (Å²) < 4.78 is 44.0. The number of nitrogens with two attached hydrogens (primary N) is 1. The number of rotatable bonds is 3. The smallest absolute Gasteiger partial charge is 0.265 e. The highest BCUT2D eigenvalue weighted by molar-refractivity contribution is 7.92. The molecule has 0 saturated heterocycles. The average Bonchev–Trinajstić information content (AvgIpc) is 2.75. The second-order valence-electron chi connectivity index (χ2n) is 3.33. The molecule has 0 amide bonds. The van der Waals surface area contributed by atoms with Gasteiger partial charge in [-0.05, 0) is 12.1 Å². The van der Waals surface area contributed by atoms with Gasteiger partial charge in [0.15, 0.2) is 5.82 Å². The quantitative estimate of drug-likeness (QED) is 0.841. The highest BCUT2D eigenvalue weighted by Crippen LogP contribution is 2.26. The lowest BCUT2D eigenvalue weighted by Gasteiger charge is -2.08. The van der Waals surface area contributed by atoms with Gasteiger partial charge in [-0.25, -0.2) is 12.8 Å². The minimum atomic E-state index is -4.15. The SMILES string of the molecule is Nc1cc(Cl)cc(S(=O)(=O)Nc2cnoc2)c1F. The number of anilines is 2. The van der Waals surface area contributed by atoms with Gasteiger partial charge in [0, 0.05) is 5.02 Å². The number of nitrogens with zero attached hydrogens (tertiary/aromatic N) is 1. The molecule has 2 rings (SSSR count). The topological polar surface area (TPSA) is 98.2 Å². The lowest BCUT2D eigenvalue weighted by Crippen LogP contribution is -2.15. The van der Waals surface area contributed by atoms with Crippen LogP contribution >= 0.6 is 11.6 Å². The van der Waals surface area contributed by atoms with Crippen LogP contribution in [-0.4, -0.2) is 13.6 Å². The van der Waals surface area contributed by atoms with Crippen LogP contribution in [0.3, 0.4) is 0 Å². The largest absolute Gasteiger partial charge is 0.396 e. The number of sulfonamides is 1. The summed E-state index contributed by atoms with van der Waals surface area (Å²) in [6.45, 7) is 0. The Labute approximate surface area is 107 Å². The number of hydrogen-bond donors (Lipinski definition) is 2. The number of hydrogen-bond acceptors (Lipinski definition) is 5. The van der Waals surface area contributed by atoms with E-state index in [1.165, 1.54) is 0 Å². The predicted octanol–water partition coefficient (Wildman–Crippen LogP) is 1.85. The zero-order valence-corrected chi connectivity index (χ0v) is 10.3. The molecular formula is C9H7ClFN3O3S. The van der Waals surface area contributed by atoms with Gasteiger partial charge >= 0.3 is 0 Å². The lowest BCUT2D eigenvalue weighted by molar-refractivity contribution is 0.420. The number of halogens is 2. The van der Waals surface area contributed by atoms with Crippen molar-refractivity contribution in [2.24, 2.45) is 0 Å². The molecule has 1 aromatic heterocycles. The van der Waals surface area contributed by atoms with Gasteiger partial charge in [0.1, 0.15) is 16.8 Å². The first-order valence-electron chi connectivity index (χ1n) is 4.57. The van der Waals surface area contributed by atoms with Crippen molar-refractivity contribution in [3.63, 3.8) is 0 Å². The van der Waals surface area contributed by atoms with Crippen molar-refractivity contribution in [2.45, 2.75) is 4.90 Å². The van der Waals surface area contributed by atoms with E-state index in [2.05, 4.69) is 14.4 Å². The average molecular weight is 292 g/mol. The standard InChI is InChI=1S/C9H7ClFN3O3S/c10-5-1-7(12)9(11)8(2-5)18(15,16)14-6-3-13-17-4-6/h1-4,14H,12H2. The highest BCUT2D eigenvalue weighted by atomic mass is 35.5. The number of nitrogens with one attached hydrogen (secondary N) is 1. The van der Waals surface area contributed by atoms with Crippen LogP contribution in [-0.2, 0) is 10.0 Å². The van der Waals surface area contributed by atoms with Crippen molar-refractivity contribution in [1.29, 1.82) is 0 Å². The van der Waals surface area contributed by atoms with Crippen LogP contribution in [0.1, 0.15) is 0 Å². The van der Waals surface area contributed by atoms with Gasteiger partial charge in [-0.15, -0.1) is 0 Å².